The number of esters is 1. The normalized spacial score (nSPS) is 31.4. The fraction of sp³-hybridized carbons (Fsp3) is 0.682. The minimum absolute atomic E-state index is 0.108. The maximum Gasteiger partial charge on any atom is 0.363 e. The van der Waals surface area contributed by atoms with Crippen molar-refractivity contribution < 1.29 is 23.4 Å². The van der Waals surface area contributed by atoms with Crippen LogP contribution in [0.4, 0.5) is 4.39 Å². The van der Waals surface area contributed by atoms with E-state index in [1.807, 2.05) is 6.92 Å². The van der Waals surface area contributed by atoms with Gasteiger partial charge in [-0.25, -0.2) is 9.18 Å². The highest BCUT2D eigenvalue weighted by atomic mass is 19.1. The average Bonchev–Trinajstić information content (AvgIpc) is 2.69. The fourth-order valence-corrected chi connectivity index (χ4v) is 4.03. The van der Waals surface area contributed by atoms with Crippen LogP contribution in [0.1, 0.15) is 69.4 Å². The van der Waals surface area contributed by atoms with Crippen LogP contribution in [0.2, 0.25) is 0 Å². The second-order valence-corrected chi connectivity index (χ2v) is 7.86. The fourth-order valence-electron chi connectivity index (χ4n) is 4.03. The van der Waals surface area contributed by atoms with Crippen molar-refractivity contribution in [2.75, 3.05) is 13.2 Å². The molecule has 0 unspecified atom stereocenters. The molecular weight excluding hydrogens is 347 g/mol. The first-order chi connectivity index (χ1) is 13.0. The third kappa shape index (κ3) is 5.29. The maximum absolute atomic E-state index is 14.3. The molecule has 2 fully saturated rings. The van der Waals surface area contributed by atoms with Crippen LogP contribution in [0.5, 0.6) is 0 Å². The Hall–Kier alpha value is -1.46. The molecule has 0 spiro atoms. The Morgan fingerprint density at radius 3 is 2.30 bits per heavy atom. The summed E-state index contributed by atoms with van der Waals surface area (Å²) in [5.41, 5.74) is 1.23. The van der Waals surface area contributed by atoms with Crippen LogP contribution in [0.3, 0.4) is 0 Å². The summed E-state index contributed by atoms with van der Waals surface area (Å²) in [6, 6.07) is 8.84. The van der Waals surface area contributed by atoms with Gasteiger partial charge in [0.2, 0.25) is 0 Å². The van der Waals surface area contributed by atoms with Gasteiger partial charge in [-0.3, -0.25) is 0 Å². The lowest BCUT2D eigenvalue weighted by molar-refractivity contribution is -0.245. The number of hydrogen-bond acceptors (Lipinski definition) is 4. The van der Waals surface area contributed by atoms with E-state index in [-0.39, 0.29) is 19.3 Å². The van der Waals surface area contributed by atoms with Crippen LogP contribution in [0.15, 0.2) is 24.3 Å². The van der Waals surface area contributed by atoms with Gasteiger partial charge in [0, 0.05) is 0 Å². The number of aryl methyl sites for hydroxylation is 1. The summed E-state index contributed by atoms with van der Waals surface area (Å²) >= 11 is 0. The second kappa shape index (κ2) is 9.16. The van der Waals surface area contributed by atoms with Crippen LogP contribution >= 0.6 is 0 Å². The van der Waals surface area contributed by atoms with Crippen LogP contribution in [-0.2, 0) is 25.4 Å². The Morgan fingerprint density at radius 1 is 1.11 bits per heavy atom. The highest BCUT2D eigenvalue weighted by molar-refractivity contribution is 5.73. The summed E-state index contributed by atoms with van der Waals surface area (Å²) in [7, 11) is 0. The predicted molar refractivity (Wildman–Crippen MR) is 101 cm³/mol. The molecule has 0 amide bonds. The van der Waals surface area contributed by atoms with Gasteiger partial charge in [-0.1, -0.05) is 44.5 Å². The molecular formula is C22H31FO4. The summed E-state index contributed by atoms with van der Waals surface area (Å²) in [4.78, 5) is 12.3. The second-order valence-electron chi connectivity index (χ2n) is 7.86. The van der Waals surface area contributed by atoms with Gasteiger partial charge in [0.15, 0.2) is 5.67 Å². The number of alkyl halides is 1. The standard InChI is InChI=1S/C22H31FO4/c1-3-13-22(23)14-25-21(26-15-22)20(24)27-19-11-9-18(10-12-19)17-7-5-16(4-2)6-8-17/h5-8,18-19,21H,3-4,9-15H2,1-2H3. The average molecular weight is 378 g/mol. The maximum atomic E-state index is 14.3. The molecule has 1 saturated carbocycles. The molecule has 1 aliphatic heterocycles. The van der Waals surface area contributed by atoms with Gasteiger partial charge in [0.25, 0.3) is 6.29 Å². The number of carbonyl (C=O) groups is 1. The zero-order chi connectivity index (χ0) is 19.3. The molecule has 3 rings (SSSR count). The summed E-state index contributed by atoms with van der Waals surface area (Å²) < 4.78 is 30.5. The van der Waals surface area contributed by atoms with Crippen molar-refractivity contribution in [3.05, 3.63) is 35.4 Å². The Labute approximate surface area is 161 Å². The van der Waals surface area contributed by atoms with E-state index < -0.39 is 17.9 Å². The van der Waals surface area contributed by atoms with Gasteiger partial charge in [-0.05, 0) is 55.6 Å². The minimum atomic E-state index is -1.49. The van der Waals surface area contributed by atoms with Gasteiger partial charge >= 0.3 is 5.97 Å². The zero-order valence-corrected chi connectivity index (χ0v) is 16.4. The van der Waals surface area contributed by atoms with Crippen LogP contribution in [0, 0.1) is 0 Å². The van der Waals surface area contributed by atoms with Gasteiger partial charge in [0.1, 0.15) is 6.10 Å². The Bertz CT molecular complexity index is 599. The lowest BCUT2D eigenvalue weighted by atomic mass is 9.82. The molecule has 150 valence electrons. The first-order valence-electron chi connectivity index (χ1n) is 10.2. The van der Waals surface area contributed by atoms with E-state index in [1.165, 1.54) is 11.1 Å². The van der Waals surface area contributed by atoms with Crippen molar-refractivity contribution in [1.29, 1.82) is 0 Å². The summed E-state index contributed by atoms with van der Waals surface area (Å²) in [6.07, 6.45) is 4.61. The molecule has 1 aliphatic carbocycles. The van der Waals surface area contributed by atoms with Crippen molar-refractivity contribution >= 4 is 5.97 Å². The van der Waals surface area contributed by atoms with E-state index >= 15 is 0 Å². The summed E-state index contributed by atoms with van der Waals surface area (Å²) in [5, 5.41) is 0. The quantitative estimate of drug-likeness (QED) is 0.673. The molecule has 0 N–H and O–H groups in total. The van der Waals surface area contributed by atoms with Gasteiger partial charge in [-0.2, -0.15) is 0 Å². The summed E-state index contributed by atoms with van der Waals surface area (Å²) in [5.74, 6) is -0.00136. The topological polar surface area (TPSA) is 44.8 Å². The Morgan fingerprint density at radius 2 is 1.74 bits per heavy atom. The lowest BCUT2D eigenvalue weighted by Gasteiger charge is -2.34. The largest absolute Gasteiger partial charge is 0.459 e. The third-order valence-electron chi connectivity index (χ3n) is 5.69. The van der Waals surface area contributed by atoms with Gasteiger partial charge in [0.05, 0.1) is 13.2 Å². The highest BCUT2D eigenvalue weighted by Crippen LogP contribution is 2.34. The minimum Gasteiger partial charge on any atom is -0.459 e. The first-order valence-corrected chi connectivity index (χ1v) is 10.2. The number of carbonyl (C=O) groups excluding carboxylic acids is 1. The van der Waals surface area contributed by atoms with E-state index in [2.05, 4.69) is 31.2 Å². The Kier molecular flexibility index (Phi) is 6.88. The van der Waals surface area contributed by atoms with E-state index in [4.69, 9.17) is 14.2 Å². The van der Waals surface area contributed by atoms with Crippen molar-refractivity contribution in [3.63, 3.8) is 0 Å². The zero-order valence-electron chi connectivity index (χ0n) is 16.4. The molecule has 1 aromatic carbocycles. The first kappa shape index (κ1) is 20.3. The molecule has 0 radical (unpaired) electrons. The molecule has 1 saturated heterocycles. The van der Waals surface area contributed by atoms with E-state index in [1.54, 1.807) is 0 Å². The molecule has 1 heterocycles. The van der Waals surface area contributed by atoms with Crippen molar-refractivity contribution in [1.82, 2.24) is 0 Å². The number of rotatable bonds is 6. The smallest absolute Gasteiger partial charge is 0.363 e. The number of hydrogen-bond donors (Lipinski definition) is 0. The van der Waals surface area contributed by atoms with Crippen molar-refractivity contribution in [2.45, 2.75) is 82.8 Å². The number of ether oxygens (including phenoxy) is 3. The molecule has 5 heteroatoms. The SMILES string of the molecule is CCCC1(F)COC(C(=O)OC2CCC(c3ccc(CC)cc3)CC2)OC1. The van der Waals surface area contributed by atoms with Crippen molar-refractivity contribution in [3.8, 4) is 0 Å². The molecule has 27 heavy (non-hydrogen) atoms. The monoisotopic (exact) mass is 378 g/mol. The van der Waals surface area contributed by atoms with Crippen LogP contribution < -0.4 is 0 Å². The van der Waals surface area contributed by atoms with Crippen LogP contribution in [-0.4, -0.2) is 37.2 Å². The Balaban J connectivity index is 1.43. The number of benzene rings is 1. The molecule has 0 bridgehead atoms. The van der Waals surface area contributed by atoms with E-state index in [0.717, 1.165) is 32.1 Å². The molecule has 0 atom stereocenters. The summed E-state index contributed by atoms with van der Waals surface area (Å²) in [6.45, 7) is 3.85. The lowest BCUT2D eigenvalue weighted by Crippen LogP contribution is -2.47. The predicted octanol–water partition coefficient (Wildman–Crippen LogP) is 4.70. The number of halogens is 1. The van der Waals surface area contributed by atoms with Crippen LogP contribution in [0.25, 0.3) is 0 Å². The molecule has 4 nitrogen and oxygen atoms in total. The molecule has 2 aliphatic rings. The molecule has 0 aromatic heterocycles. The van der Waals surface area contributed by atoms with Gasteiger partial charge < -0.3 is 14.2 Å². The highest BCUT2D eigenvalue weighted by Gasteiger charge is 2.40. The van der Waals surface area contributed by atoms with Crippen molar-refractivity contribution in [2.24, 2.45) is 0 Å². The van der Waals surface area contributed by atoms with E-state index in [0.29, 0.717) is 18.8 Å². The van der Waals surface area contributed by atoms with Gasteiger partial charge in [-0.15, -0.1) is 0 Å². The third-order valence-corrected chi connectivity index (χ3v) is 5.69. The molecule has 1 aromatic rings. The van der Waals surface area contributed by atoms with E-state index in [9.17, 15) is 9.18 Å².